The van der Waals surface area contributed by atoms with Crippen molar-refractivity contribution in [1.29, 1.82) is 0 Å². The molecule has 2 heterocycles. The fourth-order valence-corrected chi connectivity index (χ4v) is 3.36. The molecule has 0 radical (unpaired) electrons. The Morgan fingerprint density at radius 2 is 1.58 bits per heavy atom. The van der Waals surface area contributed by atoms with E-state index in [9.17, 15) is 35.4 Å². The molecule has 4 rings (SSSR count). The molecule has 6 N–H and O–H groups in total. The van der Waals surface area contributed by atoms with Gasteiger partial charge in [-0.05, 0) is 31.2 Å². The Balaban J connectivity index is 1.77. The van der Waals surface area contributed by atoms with Crippen LogP contribution < -0.4 is 10.2 Å². The highest BCUT2D eigenvalue weighted by atomic mass is 16.7. The maximum atomic E-state index is 12.5. The van der Waals surface area contributed by atoms with Crippen LogP contribution in [0.2, 0.25) is 0 Å². The number of phenols is 3. The summed E-state index contributed by atoms with van der Waals surface area (Å²) in [7, 11) is 0. The molecule has 1 fully saturated rings. The molecule has 1 saturated heterocycles. The van der Waals surface area contributed by atoms with Gasteiger partial charge < -0.3 is 44.5 Å². The van der Waals surface area contributed by atoms with Gasteiger partial charge in [-0.1, -0.05) is 0 Å². The van der Waals surface area contributed by atoms with Gasteiger partial charge in [0.25, 0.3) is 0 Å². The number of ether oxygens (including phenoxy) is 2. The van der Waals surface area contributed by atoms with E-state index in [1.54, 1.807) is 0 Å². The summed E-state index contributed by atoms with van der Waals surface area (Å²) in [6.45, 7) is 1.46. The fourth-order valence-electron chi connectivity index (χ4n) is 3.36. The third-order valence-electron chi connectivity index (χ3n) is 5.13. The largest absolute Gasteiger partial charge is 0.508 e. The number of hydrogen-bond acceptors (Lipinski definition) is 10. The highest BCUT2D eigenvalue weighted by molar-refractivity contribution is 5.89. The highest BCUT2D eigenvalue weighted by Gasteiger charge is 2.43. The van der Waals surface area contributed by atoms with Crippen molar-refractivity contribution in [2.24, 2.45) is 0 Å². The third-order valence-corrected chi connectivity index (χ3v) is 5.13. The second kappa shape index (κ2) is 7.75. The fraction of sp³-hybridized carbons (Fsp3) is 0.286. The van der Waals surface area contributed by atoms with E-state index in [0.29, 0.717) is 5.56 Å². The normalized spacial score (nSPS) is 26.1. The Morgan fingerprint density at radius 1 is 0.903 bits per heavy atom. The molecule has 164 valence electrons. The maximum Gasteiger partial charge on any atom is 0.229 e. The lowest BCUT2D eigenvalue weighted by Crippen LogP contribution is -2.58. The molecule has 10 nitrogen and oxygen atoms in total. The monoisotopic (exact) mass is 432 g/mol. The van der Waals surface area contributed by atoms with E-state index in [0.717, 1.165) is 12.1 Å². The zero-order valence-corrected chi connectivity index (χ0v) is 16.2. The summed E-state index contributed by atoms with van der Waals surface area (Å²) in [4.78, 5) is 12.5. The Bertz CT molecular complexity index is 1170. The van der Waals surface area contributed by atoms with Gasteiger partial charge in [-0.3, -0.25) is 4.79 Å². The molecule has 0 saturated carbocycles. The molecule has 0 aliphatic carbocycles. The Morgan fingerprint density at radius 3 is 2.26 bits per heavy atom. The minimum Gasteiger partial charge on any atom is -0.508 e. The first kappa shape index (κ1) is 20.9. The van der Waals surface area contributed by atoms with Gasteiger partial charge in [0.05, 0.1) is 6.10 Å². The summed E-state index contributed by atoms with van der Waals surface area (Å²) in [5.74, 6) is -1.80. The van der Waals surface area contributed by atoms with E-state index in [2.05, 4.69) is 0 Å². The predicted molar refractivity (Wildman–Crippen MR) is 106 cm³/mol. The van der Waals surface area contributed by atoms with Crippen molar-refractivity contribution in [2.75, 3.05) is 0 Å². The van der Waals surface area contributed by atoms with E-state index < -0.39 is 47.6 Å². The molecule has 31 heavy (non-hydrogen) atoms. The lowest BCUT2D eigenvalue weighted by Gasteiger charge is -2.38. The number of fused-ring (bicyclic) bond motifs is 1. The Kier molecular flexibility index (Phi) is 5.23. The standard InChI is InChI=1S/C21H20O10/c1-8-16(24)19(27)20(28)21(29-8)31-14-7-13-15(18(26)17(14)25)11(23)6-12(30-13)9-2-4-10(22)5-3-9/h2-8,16,19-22,24-28H,1H3. The number of aliphatic hydroxyl groups is 3. The number of aliphatic hydroxyl groups excluding tert-OH is 3. The van der Waals surface area contributed by atoms with Crippen molar-refractivity contribution in [2.45, 2.75) is 37.6 Å². The smallest absolute Gasteiger partial charge is 0.229 e. The SMILES string of the molecule is CC1OC(Oc2cc3oc(-c4ccc(O)cc4)cc(=O)c3c(O)c2O)C(O)C(O)C1O. The van der Waals surface area contributed by atoms with Gasteiger partial charge in [0.2, 0.25) is 12.0 Å². The molecule has 0 bridgehead atoms. The number of phenolic OH excluding ortho intramolecular Hbond substituents is 3. The van der Waals surface area contributed by atoms with Gasteiger partial charge in [0.1, 0.15) is 40.8 Å². The highest BCUT2D eigenvalue weighted by Crippen LogP contribution is 2.42. The average Bonchev–Trinajstić information content (AvgIpc) is 2.74. The van der Waals surface area contributed by atoms with Crippen molar-refractivity contribution >= 4 is 11.0 Å². The van der Waals surface area contributed by atoms with Crippen LogP contribution in [-0.4, -0.2) is 61.3 Å². The lowest BCUT2D eigenvalue weighted by molar-refractivity contribution is -0.268. The van der Waals surface area contributed by atoms with Gasteiger partial charge in [0, 0.05) is 17.7 Å². The van der Waals surface area contributed by atoms with Crippen LogP contribution >= 0.6 is 0 Å². The van der Waals surface area contributed by atoms with E-state index >= 15 is 0 Å². The Hall–Kier alpha value is -3.31. The van der Waals surface area contributed by atoms with Crippen LogP contribution in [0, 0.1) is 0 Å². The topological polar surface area (TPSA) is 170 Å². The minimum atomic E-state index is -1.65. The number of benzene rings is 2. The second-order valence-corrected chi connectivity index (χ2v) is 7.27. The second-order valence-electron chi connectivity index (χ2n) is 7.27. The maximum absolute atomic E-state index is 12.5. The third kappa shape index (κ3) is 3.66. The lowest BCUT2D eigenvalue weighted by atomic mass is 10.00. The van der Waals surface area contributed by atoms with Crippen molar-refractivity contribution in [3.05, 3.63) is 46.6 Å². The molecular formula is C21H20O10. The average molecular weight is 432 g/mol. The van der Waals surface area contributed by atoms with Crippen LogP contribution in [0.4, 0.5) is 0 Å². The molecule has 0 spiro atoms. The van der Waals surface area contributed by atoms with Gasteiger partial charge in [-0.15, -0.1) is 0 Å². The van der Waals surface area contributed by atoms with Gasteiger partial charge >= 0.3 is 0 Å². The number of hydrogen-bond donors (Lipinski definition) is 6. The van der Waals surface area contributed by atoms with Crippen LogP contribution in [0.1, 0.15) is 6.92 Å². The summed E-state index contributed by atoms with van der Waals surface area (Å²) in [6.07, 6.45) is -6.94. The zero-order valence-electron chi connectivity index (χ0n) is 16.2. The molecule has 10 heteroatoms. The Labute approximate surface area is 174 Å². The molecule has 0 amide bonds. The molecule has 1 aromatic heterocycles. The number of aromatic hydroxyl groups is 3. The summed E-state index contributed by atoms with van der Waals surface area (Å²) >= 11 is 0. The molecule has 3 aromatic rings. The van der Waals surface area contributed by atoms with Crippen molar-refractivity contribution in [1.82, 2.24) is 0 Å². The quantitative estimate of drug-likeness (QED) is 0.325. The summed E-state index contributed by atoms with van der Waals surface area (Å²) in [6, 6.07) is 8.13. The van der Waals surface area contributed by atoms with Crippen LogP contribution in [0.5, 0.6) is 23.0 Å². The number of rotatable bonds is 3. The molecule has 5 unspecified atom stereocenters. The first-order valence-corrected chi connectivity index (χ1v) is 9.36. The van der Waals surface area contributed by atoms with Crippen LogP contribution in [0.25, 0.3) is 22.3 Å². The molecular weight excluding hydrogens is 412 g/mol. The van der Waals surface area contributed by atoms with Crippen LogP contribution in [0.15, 0.2) is 45.6 Å². The van der Waals surface area contributed by atoms with Crippen molar-refractivity contribution < 1.29 is 44.5 Å². The van der Waals surface area contributed by atoms with E-state index in [-0.39, 0.29) is 28.2 Å². The van der Waals surface area contributed by atoms with Crippen molar-refractivity contribution in [3.8, 4) is 34.3 Å². The van der Waals surface area contributed by atoms with Gasteiger partial charge in [-0.25, -0.2) is 0 Å². The predicted octanol–water partition coefficient (Wildman–Crippen LogP) is 0.783. The van der Waals surface area contributed by atoms with E-state index in [1.165, 1.54) is 31.2 Å². The van der Waals surface area contributed by atoms with E-state index in [4.69, 9.17) is 13.9 Å². The van der Waals surface area contributed by atoms with Crippen LogP contribution in [-0.2, 0) is 4.74 Å². The summed E-state index contributed by atoms with van der Waals surface area (Å²) < 4.78 is 16.5. The molecule has 1 aliphatic heterocycles. The van der Waals surface area contributed by atoms with Crippen molar-refractivity contribution in [3.63, 3.8) is 0 Å². The first-order valence-electron chi connectivity index (χ1n) is 9.36. The van der Waals surface area contributed by atoms with Gasteiger partial charge in [-0.2, -0.15) is 0 Å². The molecule has 2 aromatic carbocycles. The summed E-state index contributed by atoms with van der Waals surface area (Å²) in [5, 5.41) is 59.6. The van der Waals surface area contributed by atoms with E-state index in [1.807, 2.05) is 0 Å². The van der Waals surface area contributed by atoms with Gasteiger partial charge in [0.15, 0.2) is 16.9 Å². The molecule has 5 atom stereocenters. The molecule has 1 aliphatic rings. The van der Waals surface area contributed by atoms with Crippen LogP contribution in [0.3, 0.4) is 0 Å². The minimum absolute atomic E-state index is 0.0257. The summed E-state index contributed by atoms with van der Waals surface area (Å²) in [5.41, 5.74) is -0.284. The first-order chi connectivity index (χ1) is 14.7. The zero-order chi connectivity index (χ0) is 22.4.